The molecule has 0 aliphatic heterocycles. The number of allylic oxidation sites excluding steroid dienone is 2. The van der Waals surface area contributed by atoms with Gasteiger partial charge in [-0.15, -0.1) is 0 Å². The van der Waals surface area contributed by atoms with Crippen molar-refractivity contribution in [1.82, 2.24) is 0 Å². The van der Waals surface area contributed by atoms with Crippen LogP contribution in [0.1, 0.15) is 58.8 Å². The summed E-state index contributed by atoms with van der Waals surface area (Å²) in [7, 11) is 0. The molecule has 3 fully saturated rings. The van der Waals surface area contributed by atoms with Crippen molar-refractivity contribution in [3.63, 3.8) is 0 Å². The highest BCUT2D eigenvalue weighted by atomic mass is 19.1. The zero-order chi connectivity index (χ0) is 15.7. The maximum Gasteiger partial charge on any atom is 0.173 e. The Kier molecular flexibility index (Phi) is 3.15. The maximum absolute atomic E-state index is 14.1. The molecule has 4 aliphatic carbocycles. The van der Waals surface area contributed by atoms with Gasteiger partial charge in [0.2, 0.25) is 0 Å². The molecule has 4 rings (SSSR count). The summed E-state index contributed by atoms with van der Waals surface area (Å²) in [6.45, 7) is 4.22. The third-order valence-electron chi connectivity index (χ3n) is 7.66. The van der Waals surface area contributed by atoms with E-state index < -0.39 is 17.7 Å². The maximum atomic E-state index is 14.1. The van der Waals surface area contributed by atoms with Crippen molar-refractivity contribution in [1.29, 1.82) is 0 Å². The predicted molar refractivity (Wildman–Crippen MR) is 83.0 cm³/mol. The summed E-state index contributed by atoms with van der Waals surface area (Å²) in [6, 6.07) is 0. The van der Waals surface area contributed by atoms with Crippen molar-refractivity contribution >= 4 is 5.78 Å². The molecule has 1 unspecified atom stereocenters. The smallest absolute Gasteiger partial charge is 0.173 e. The molecule has 0 amide bonds. The van der Waals surface area contributed by atoms with E-state index >= 15 is 0 Å². The van der Waals surface area contributed by atoms with Crippen LogP contribution in [0, 0.1) is 28.6 Å². The quantitative estimate of drug-likeness (QED) is 0.691. The van der Waals surface area contributed by atoms with Gasteiger partial charge in [0.15, 0.2) is 12.0 Å². The molecule has 1 N–H and O–H groups in total. The molecule has 0 saturated heterocycles. The highest BCUT2D eigenvalue weighted by molar-refractivity contribution is 5.91. The zero-order valence-corrected chi connectivity index (χ0v) is 13.6. The van der Waals surface area contributed by atoms with E-state index in [1.54, 1.807) is 0 Å². The van der Waals surface area contributed by atoms with Gasteiger partial charge in [-0.2, -0.15) is 0 Å². The summed E-state index contributed by atoms with van der Waals surface area (Å²) in [5.41, 5.74) is 0.954. The van der Waals surface area contributed by atoms with E-state index in [0.717, 1.165) is 25.7 Å². The van der Waals surface area contributed by atoms with E-state index in [4.69, 9.17) is 0 Å². The van der Waals surface area contributed by atoms with Gasteiger partial charge in [0, 0.05) is 5.41 Å². The van der Waals surface area contributed by atoms with E-state index in [2.05, 4.69) is 13.0 Å². The molecule has 7 atom stereocenters. The van der Waals surface area contributed by atoms with Gasteiger partial charge >= 0.3 is 0 Å². The first-order chi connectivity index (χ1) is 10.4. The number of hydrogen-bond acceptors (Lipinski definition) is 2. The Labute approximate surface area is 132 Å². The topological polar surface area (TPSA) is 37.3 Å². The largest absolute Gasteiger partial charge is 0.393 e. The lowest BCUT2D eigenvalue weighted by Crippen LogP contribution is -2.56. The molecule has 4 aliphatic rings. The SMILES string of the molecule is C[C@]12CCCC=C1CC[C@@H]1[C@@H]2C(O)C[C@]2(C)C(=O)[C@H](F)C[C@@H]12. The van der Waals surface area contributed by atoms with Crippen LogP contribution in [-0.4, -0.2) is 23.2 Å². The Balaban J connectivity index is 1.75. The van der Waals surface area contributed by atoms with E-state index in [-0.39, 0.29) is 23.0 Å². The molecule has 3 heteroatoms. The van der Waals surface area contributed by atoms with Crippen LogP contribution in [0.4, 0.5) is 4.39 Å². The van der Waals surface area contributed by atoms with Gasteiger partial charge in [-0.3, -0.25) is 4.79 Å². The number of ketones is 1. The lowest BCUT2D eigenvalue weighted by atomic mass is 9.46. The van der Waals surface area contributed by atoms with Crippen LogP contribution in [-0.2, 0) is 4.79 Å². The molecule has 0 aromatic rings. The Hall–Kier alpha value is -0.700. The number of carbonyl (C=O) groups is 1. The summed E-state index contributed by atoms with van der Waals surface area (Å²) in [5, 5.41) is 10.9. The number of aliphatic hydroxyl groups excluding tert-OH is 1. The standard InChI is InChI=1S/C19H27FO2/c1-18-8-4-3-5-11(18)6-7-12-13-9-14(20)17(22)19(13,2)10-15(21)16(12)18/h5,12-16,21H,3-4,6-10H2,1-2H3/t12-,13-,14+,15?,16+,18-,19-/m0/s1. The fourth-order valence-corrected chi connectivity index (χ4v) is 6.63. The molecule has 0 spiro atoms. The van der Waals surface area contributed by atoms with E-state index in [9.17, 15) is 14.3 Å². The van der Waals surface area contributed by atoms with Gasteiger partial charge in [0.25, 0.3) is 0 Å². The molecule has 3 saturated carbocycles. The first-order valence-electron chi connectivity index (χ1n) is 8.94. The van der Waals surface area contributed by atoms with Crippen LogP contribution in [0.3, 0.4) is 0 Å². The predicted octanol–water partition coefficient (Wildman–Crippen LogP) is 3.83. The highest BCUT2D eigenvalue weighted by Crippen LogP contribution is 2.64. The summed E-state index contributed by atoms with van der Waals surface area (Å²) in [4.78, 5) is 12.3. The third-order valence-corrected chi connectivity index (χ3v) is 7.66. The van der Waals surface area contributed by atoms with Gasteiger partial charge in [0.05, 0.1) is 6.10 Å². The van der Waals surface area contributed by atoms with Gasteiger partial charge in [-0.05, 0) is 68.1 Å². The van der Waals surface area contributed by atoms with Crippen molar-refractivity contribution in [2.75, 3.05) is 0 Å². The number of aliphatic hydroxyl groups is 1. The molecule has 122 valence electrons. The van der Waals surface area contributed by atoms with E-state index in [1.807, 2.05) is 6.92 Å². The molecule has 0 heterocycles. The molecule has 22 heavy (non-hydrogen) atoms. The number of Topliss-reactive ketones (excluding diaryl/α,β-unsaturated/α-hetero) is 1. The monoisotopic (exact) mass is 306 g/mol. The minimum atomic E-state index is -1.31. The number of fused-ring (bicyclic) bond motifs is 5. The Morgan fingerprint density at radius 3 is 2.86 bits per heavy atom. The van der Waals surface area contributed by atoms with Crippen LogP contribution in [0.15, 0.2) is 11.6 Å². The van der Waals surface area contributed by atoms with Crippen molar-refractivity contribution < 1.29 is 14.3 Å². The number of halogens is 1. The number of hydrogen-bond donors (Lipinski definition) is 1. The van der Waals surface area contributed by atoms with Gasteiger partial charge < -0.3 is 5.11 Å². The highest BCUT2D eigenvalue weighted by Gasteiger charge is 2.64. The minimum absolute atomic E-state index is 0.0688. The molecule has 0 radical (unpaired) electrons. The van der Waals surface area contributed by atoms with Crippen molar-refractivity contribution in [2.45, 2.75) is 71.1 Å². The Morgan fingerprint density at radius 2 is 2.09 bits per heavy atom. The molecule has 0 aromatic heterocycles. The Bertz CT molecular complexity index is 542. The average molecular weight is 306 g/mol. The molecular formula is C19H27FO2. The number of rotatable bonds is 0. The van der Waals surface area contributed by atoms with Crippen LogP contribution in [0.2, 0.25) is 0 Å². The van der Waals surface area contributed by atoms with Crippen LogP contribution >= 0.6 is 0 Å². The van der Waals surface area contributed by atoms with Crippen LogP contribution in [0.25, 0.3) is 0 Å². The molecule has 0 aromatic carbocycles. The summed E-state index contributed by atoms with van der Waals surface area (Å²) < 4.78 is 14.1. The van der Waals surface area contributed by atoms with Gasteiger partial charge in [-0.25, -0.2) is 4.39 Å². The van der Waals surface area contributed by atoms with E-state index in [0.29, 0.717) is 18.8 Å². The normalized spacial score (nSPS) is 54.3. The second-order valence-electron chi connectivity index (χ2n) is 8.63. The molecule has 2 nitrogen and oxygen atoms in total. The first kappa shape index (κ1) is 14.9. The molecule has 0 bridgehead atoms. The second kappa shape index (κ2) is 4.66. The van der Waals surface area contributed by atoms with Crippen LogP contribution in [0.5, 0.6) is 0 Å². The fourth-order valence-electron chi connectivity index (χ4n) is 6.63. The van der Waals surface area contributed by atoms with Crippen molar-refractivity contribution in [3.05, 3.63) is 11.6 Å². The summed E-state index contributed by atoms with van der Waals surface area (Å²) in [5.74, 6) is 0.400. The summed E-state index contributed by atoms with van der Waals surface area (Å²) in [6.07, 6.45) is 7.02. The third kappa shape index (κ3) is 1.72. The first-order valence-corrected chi connectivity index (χ1v) is 8.94. The minimum Gasteiger partial charge on any atom is -0.393 e. The number of carbonyl (C=O) groups excluding carboxylic acids is 1. The van der Waals surface area contributed by atoms with E-state index in [1.165, 1.54) is 12.0 Å². The zero-order valence-electron chi connectivity index (χ0n) is 13.6. The summed E-state index contributed by atoms with van der Waals surface area (Å²) >= 11 is 0. The van der Waals surface area contributed by atoms with Crippen LogP contribution < -0.4 is 0 Å². The fraction of sp³-hybridized carbons (Fsp3) is 0.842. The van der Waals surface area contributed by atoms with Crippen molar-refractivity contribution in [3.8, 4) is 0 Å². The Morgan fingerprint density at radius 1 is 1.32 bits per heavy atom. The number of alkyl halides is 1. The van der Waals surface area contributed by atoms with Gasteiger partial charge in [0.1, 0.15) is 0 Å². The lowest BCUT2D eigenvalue weighted by Gasteiger charge is -2.58. The van der Waals surface area contributed by atoms with Crippen molar-refractivity contribution in [2.24, 2.45) is 28.6 Å². The lowest BCUT2D eigenvalue weighted by molar-refractivity contribution is -0.147. The van der Waals surface area contributed by atoms with Gasteiger partial charge in [-0.1, -0.05) is 25.5 Å². The average Bonchev–Trinajstić information content (AvgIpc) is 2.70. The second-order valence-corrected chi connectivity index (χ2v) is 8.63. The molecular weight excluding hydrogens is 279 g/mol.